The molecule has 2 aromatic carbocycles. The molecule has 220 valence electrons. The van der Waals surface area contributed by atoms with E-state index in [1.165, 1.54) is 12.1 Å². The van der Waals surface area contributed by atoms with Gasteiger partial charge in [0.15, 0.2) is 0 Å². The van der Waals surface area contributed by atoms with E-state index in [0.717, 1.165) is 17.7 Å². The van der Waals surface area contributed by atoms with Crippen LogP contribution in [0.25, 0.3) is 0 Å². The van der Waals surface area contributed by atoms with Crippen molar-refractivity contribution in [1.82, 2.24) is 20.0 Å². The van der Waals surface area contributed by atoms with Crippen molar-refractivity contribution in [1.29, 1.82) is 0 Å². The van der Waals surface area contributed by atoms with Gasteiger partial charge in [-0.3, -0.25) is 9.80 Å². The van der Waals surface area contributed by atoms with Gasteiger partial charge in [0, 0.05) is 50.7 Å². The zero-order valence-corrected chi connectivity index (χ0v) is 23.0. The topological polar surface area (TPSA) is 94.2 Å². The molecular formula is C29H34F3N5O4. The number of esters is 1. The maximum Gasteiger partial charge on any atom is 0.416 e. The summed E-state index contributed by atoms with van der Waals surface area (Å²) in [5, 5.41) is 5.61. The van der Waals surface area contributed by atoms with Gasteiger partial charge in [-0.1, -0.05) is 30.3 Å². The van der Waals surface area contributed by atoms with E-state index >= 15 is 0 Å². The van der Waals surface area contributed by atoms with E-state index < -0.39 is 29.8 Å². The van der Waals surface area contributed by atoms with Crippen LogP contribution < -0.4 is 10.6 Å². The number of halogens is 3. The van der Waals surface area contributed by atoms with Gasteiger partial charge in [-0.25, -0.2) is 14.4 Å². The number of hydrogen-bond acceptors (Lipinski definition) is 5. The highest BCUT2D eigenvalue weighted by Gasteiger charge is 2.38. The van der Waals surface area contributed by atoms with E-state index in [1.807, 2.05) is 37.3 Å². The number of anilines is 1. The first-order valence-electron chi connectivity index (χ1n) is 13.6. The van der Waals surface area contributed by atoms with Crippen LogP contribution in [0, 0.1) is 0 Å². The van der Waals surface area contributed by atoms with Crippen molar-refractivity contribution in [3.8, 4) is 0 Å². The Hall–Kier alpha value is -4.06. The fourth-order valence-corrected chi connectivity index (χ4v) is 5.04. The van der Waals surface area contributed by atoms with Crippen LogP contribution in [-0.4, -0.2) is 78.6 Å². The van der Waals surface area contributed by atoms with Crippen LogP contribution in [0.3, 0.4) is 0 Å². The Morgan fingerprint density at radius 3 is 2.34 bits per heavy atom. The number of amides is 4. The Labute approximate surface area is 236 Å². The van der Waals surface area contributed by atoms with Crippen LogP contribution in [0.1, 0.15) is 37.4 Å². The lowest BCUT2D eigenvalue weighted by Crippen LogP contribution is -2.51. The maximum atomic E-state index is 13.3. The number of hydrogen-bond donors (Lipinski definition) is 2. The predicted molar refractivity (Wildman–Crippen MR) is 147 cm³/mol. The zero-order valence-electron chi connectivity index (χ0n) is 23.0. The second-order valence-corrected chi connectivity index (χ2v) is 9.74. The molecule has 2 N–H and O–H groups in total. The first kappa shape index (κ1) is 29.9. The van der Waals surface area contributed by atoms with Crippen molar-refractivity contribution < 1.29 is 32.3 Å². The predicted octanol–water partition coefficient (Wildman–Crippen LogP) is 4.85. The molecule has 0 bridgehead atoms. The van der Waals surface area contributed by atoms with E-state index in [4.69, 9.17) is 4.74 Å². The second kappa shape index (κ2) is 13.1. The molecule has 41 heavy (non-hydrogen) atoms. The van der Waals surface area contributed by atoms with Crippen LogP contribution in [0.2, 0.25) is 0 Å². The summed E-state index contributed by atoms with van der Waals surface area (Å²) in [6, 6.07) is 12.2. The van der Waals surface area contributed by atoms with Gasteiger partial charge < -0.3 is 20.3 Å². The summed E-state index contributed by atoms with van der Waals surface area (Å²) < 4.78 is 44.0. The molecule has 0 aliphatic carbocycles. The highest BCUT2D eigenvalue weighted by molar-refractivity contribution is 5.95. The third-order valence-electron chi connectivity index (χ3n) is 7.10. The Kier molecular flexibility index (Phi) is 9.53. The summed E-state index contributed by atoms with van der Waals surface area (Å²) >= 11 is 0. The second-order valence-electron chi connectivity index (χ2n) is 9.74. The van der Waals surface area contributed by atoms with E-state index in [1.54, 1.807) is 16.7 Å². The molecule has 1 atom stereocenters. The normalized spacial score (nSPS) is 18.6. The minimum Gasteiger partial charge on any atom is -0.463 e. The molecule has 2 aliphatic heterocycles. The van der Waals surface area contributed by atoms with Crippen LogP contribution in [0.4, 0.5) is 28.4 Å². The van der Waals surface area contributed by atoms with Gasteiger partial charge in [0.25, 0.3) is 0 Å². The lowest BCUT2D eigenvalue weighted by Gasteiger charge is -2.38. The Bertz CT molecular complexity index is 1270. The van der Waals surface area contributed by atoms with E-state index in [9.17, 15) is 27.6 Å². The van der Waals surface area contributed by atoms with E-state index in [-0.39, 0.29) is 18.3 Å². The monoisotopic (exact) mass is 573 g/mol. The first-order valence-corrected chi connectivity index (χ1v) is 13.6. The Morgan fingerprint density at radius 2 is 1.71 bits per heavy atom. The number of alkyl halides is 3. The van der Waals surface area contributed by atoms with Crippen molar-refractivity contribution in [2.24, 2.45) is 0 Å². The van der Waals surface area contributed by atoms with Gasteiger partial charge in [0.05, 0.1) is 23.8 Å². The highest BCUT2D eigenvalue weighted by atomic mass is 19.4. The summed E-state index contributed by atoms with van der Waals surface area (Å²) in [7, 11) is 0. The molecule has 0 spiro atoms. The van der Waals surface area contributed by atoms with Crippen LogP contribution in [0.5, 0.6) is 0 Å². The minimum atomic E-state index is -4.45. The van der Waals surface area contributed by atoms with Crippen LogP contribution in [-0.2, 0) is 15.7 Å². The lowest BCUT2D eigenvalue weighted by molar-refractivity contribution is -0.139. The molecule has 0 unspecified atom stereocenters. The lowest BCUT2D eigenvalue weighted by atomic mass is 9.94. The first-order chi connectivity index (χ1) is 19.6. The summed E-state index contributed by atoms with van der Waals surface area (Å²) in [6.07, 6.45) is -3.82. The highest BCUT2D eigenvalue weighted by Crippen LogP contribution is 2.32. The summed E-state index contributed by atoms with van der Waals surface area (Å²) in [4.78, 5) is 44.5. The molecule has 0 aromatic heterocycles. The summed E-state index contributed by atoms with van der Waals surface area (Å²) in [6.45, 7) is 6.27. The van der Waals surface area contributed by atoms with Crippen molar-refractivity contribution in [3.05, 3.63) is 77.0 Å². The zero-order chi connectivity index (χ0) is 29.6. The van der Waals surface area contributed by atoms with Crippen molar-refractivity contribution in [2.75, 3.05) is 51.2 Å². The number of likely N-dealkylation sites (N-methyl/N-ethyl adjacent to an activating group) is 1. The van der Waals surface area contributed by atoms with Gasteiger partial charge in [-0.2, -0.15) is 13.2 Å². The van der Waals surface area contributed by atoms with E-state index in [0.29, 0.717) is 57.0 Å². The molecule has 0 saturated carbocycles. The number of nitrogens with one attached hydrogen (secondary N) is 2. The fourth-order valence-electron chi connectivity index (χ4n) is 5.04. The molecule has 1 saturated heterocycles. The summed E-state index contributed by atoms with van der Waals surface area (Å²) in [5.74, 6) is -0.498. The average molecular weight is 574 g/mol. The molecule has 2 heterocycles. The molecular weight excluding hydrogens is 539 g/mol. The van der Waals surface area contributed by atoms with Gasteiger partial charge in [0.2, 0.25) is 0 Å². The number of benzene rings is 2. The van der Waals surface area contributed by atoms with Crippen molar-refractivity contribution >= 4 is 23.7 Å². The molecule has 2 aromatic rings. The van der Waals surface area contributed by atoms with Gasteiger partial charge in [0.1, 0.15) is 0 Å². The standard InChI is InChI=1S/C29H34F3N5O4/c1-3-37-23(24(26(38)41-4-2)25(34-28(37)40)20-9-6-5-7-10-20)19-35-15-8-16-36(18-17-35)27(39)33-22-13-11-21(12-14-22)29(30,31)32/h5-7,9-14,25H,3-4,8,15-19H2,1-2H3,(H,33,39)(H,34,40)/t25-/m0/s1. The third-order valence-corrected chi connectivity index (χ3v) is 7.10. The molecule has 9 nitrogen and oxygen atoms in total. The molecule has 1 fully saturated rings. The van der Waals surface area contributed by atoms with Gasteiger partial charge >= 0.3 is 24.2 Å². The maximum absolute atomic E-state index is 13.3. The third kappa shape index (κ3) is 7.18. The molecule has 4 amide bonds. The van der Waals surface area contributed by atoms with Gasteiger partial charge in [-0.05, 0) is 50.1 Å². The molecule has 12 heteroatoms. The van der Waals surface area contributed by atoms with Crippen molar-refractivity contribution in [2.45, 2.75) is 32.5 Å². The largest absolute Gasteiger partial charge is 0.463 e. The number of ether oxygens (including phenoxy) is 1. The summed E-state index contributed by atoms with van der Waals surface area (Å²) in [5.41, 5.74) is 1.18. The SMILES string of the molecule is CCOC(=O)C1=C(CN2CCCN(C(=O)Nc3ccc(C(F)(F)F)cc3)CC2)N(CC)C(=O)N[C@H]1c1ccccc1. The average Bonchev–Trinajstić information content (AvgIpc) is 3.19. The fraction of sp³-hybridized carbons (Fsp3) is 0.414. The van der Waals surface area contributed by atoms with Crippen LogP contribution in [0.15, 0.2) is 65.9 Å². The minimum absolute atomic E-state index is 0.184. The molecule has 2 aliphatic rings. The van der Waals surface area contributed by atoms with Crippen LogP contribution >= 0.6 is 0 Å². The Balaban J connectivity index is 1.51. The number of carbonyl (C=O) groups excluding carboxylic acids is 3. The number of carbonyl (C=O) groups is 3. The van der Waals surface area contributed by atoms with E-state index in [2.05, 4.69) is 15.5 Å². The number of nitrogens with zero attached hydrogens (tertiary/aromatic N) is 3. The Morgan fingerprint density at radius 1 is 1.00 bits per heavy atom. The quantitative estimate of drug-likeness (QED) is 0.462. The molecule has 4 rings (SSSR count). The number of rotatable bonds is 7. The van der Waals surface area contributed by atoms with Crippen molar-refractivity contribution in [3.63, 3.8) is 0 Å². The number of urea groups is 2. The smallest absolute Gasteiger partial charge is 0.416 e. The van der Waals surface area contributed by atoms with Gasteiger partial charge in [-0.15, -0.1) is 0 Å². The molecule has 0 radical (unpaired) electrons.